The Bertz CT molecular complexity index is 750. The normalized spacial score (nSPS) is 11.6. The van der Waals surface area contributed by atoms with Crippen molar-refractivity contribution in [3.63, 3.8) is 0 Å². The molecule has 0 heterocycles. The summed E-state index contributed by atoms with van der Waals surface area (Å²) >= 11 is 12.1. The van der Waals surface area contributed by atoms with Crippen LogP contribution >= 0.6 is 23.2 Å². The second-order valence-corrected chi connectivity index (χ2v) is 5.71. The zero-order chi connectivity index (χ0) is 17.7. The number of carbonyl (C=O) groups is 2. The number of phenols is 1. The van der Waals surface area contributed by atoms with E-state index in [0.717, 1.165) is 0 Å². The standard InChI is InChI=1S/C17H15Cl2NO4/c1-2-24-17(23)12-8-11(18)9-13(15(12)21)20-16(22)14(19)10-6-4-3-5-7-10/h3-9,14,21H,2H2,1H3,(H,20,22). The smallest absolute Gasteiger partial charge is 0.342 e. The van der Waals surface area contributed by atoms with E-state index < -0.39 is 23.0 Å². The molecular weight excluding hydrogens is 353 g/mol. The van der Waals surface area contributed by atoms with Gasteiger partial charge in [-0.25, -0.2) is 4.79 Å². The molecule has 2 aromatic carbocycles. The van der Waals surface area contributed by atoms with Gasteiger partial charge in [0.2, 0.25) is 5.91 Å². The number of amides is 1. The fourth-order valence-electron chi connectivity index (χ4n) is 2.03. The van der Waals surface area contributed by atoms with E-state index in [0.29, 0.717) is 5.56 Å². The third kappa shape index (κ3) is 4.19. The van der Waals surface area contributed by atoms with Crippen LogP contribution in [0.3, 0.4) is 0 Å². The third-order valence-corrected chi connectivity index (χ3v) is 3.82. The predicted octanol–water partition coefficient (Wildman–Crippen LogP) is 4.14. The van der Waals surface area contributed by atoms with Gasteiger partial charge in [0.05, 0.1) is 12.3 Å². The van der Waals surface area contributed by atoms with Crippen LogP contribution in [0, 0.1) is 0 Å². The first-order valence-corrected chi connectivity index (χ1v) is 7.95. The topological polar surface area (TPSA) is 75.6 Å². The van der Waals surface area contributed by atoms with Crippen molar-refractivity contribution in [3.8, 4) is 5.75 Å². The van der Waals surface area contributed by atoms with Gasteiger partial charge in [0.15, 0.2) is 5.75 Å². The quantitative estimate of drug-likeness (QED) is 0.473. The number of hydrogen-bond acceptors (Lipinski definition) is 4. The first kappa shape index (κ1) is 18.1. The highest BCUT2D eigenvalue weighted by atomic mass is 35.5. The van der Waals surface area contributed by atoms with Gasteiger partial charge in [-0.2, -0.15) is 0 Å². The molecule has 0 saturated carbocycles. The van der Waals surface area contributed by atoms with Gasteiger partial charge in [0.1, 0.15) is 10.9 Å². The van der Waals surface area contributed by atoms with Crippen molar-refractivity contribution < 1.29 is 19.4 Å². The molecule has 0 aromatic heterocycles. The molecule has 126 valence electrons. The Morgan fingerprint density at radius 1 is 1.25 bits per heavy atom. The van der Waals surface area contributed by atoms with E-state index >= 15 is 0 Å². The number of hydrogen-bond donors (Lipinski definition) is 2. The summed E-state index contributed by atoms with van der Waals surface area (Å²) in [7, 11) is 0. The number of halogens is 2. The molecule has 7 heteroatoms. The van der Waals surface area contributed by atoms with Gasteiger partial charge in [-0.1, -0.05) is 41.9 Å². The van der Waals surface area contributed by atoms with E-state index in [9.17, 15) is 14.7 Å². The second kappa shape index (κ2) is 8.04. The highest BCUT2D eigenvalue weighted by molar-refractivity contribution is 6.33. The van der Waals surface area contributed by atoms with Crippen LogP contribution in [-0.2, 0) is 9.53 Å². The van der Waals surface area contributed by atoms with E-state index in [1.165, 1.54) is 12.1 Å². The summed E-state index contributed by atoms with van der Waals surface area (Å²) in [5.41, 5.74) is 0.450. The summed E-state index contributed by atoms with van der Waals surface area (Å²) in [6.45, 7) is 1.78. The highest BCUT2D eigenvalue weighted by Gasteiger charge is 2.22. The Hall–Kier alpha value is -2.24. The van der Waals surface area contributed by atoms with Crippen molar-refractivity contribution in [2.75, 3.05) is 11.9 Å². The first-order chi connectivity index (χ1) is 11.4. The van der Waals surface area contributed by atoms with Gasteiger partial charge in [-0.15, -0.1) is 11.6 Å². The fourth-order valence-corrected chi connectivity index (χ4v) is 2.45. The number of aromatic hydroxyl groups is 1. The molecule has 0 spiro atoms. The minimum atomic E-state index is -0.962. The van der Waals surface area contributed by atoms with Gasteiger partial charge in [-0.3, -0.25) is 4.79 Å². The Kier molecular flexibility index (Phi) is 6.06. The zero-order valence-corrected chi connectivity index (χ0v) is 14.3. The molecule has 1 amide bonds. The van der Waals surface area contributed by atoms with Crippen LogP contribution in [0.15, 0.2) is 42.5 Å². The van der Waals surface area contributed by atoms with E-state index in [1.54, 1.807) is 37.3 Å². The van der Waals surface area contributed by atoms with E-state index in [2.05, 4.69) is 5.32 Å². The van der Waals surface area contributed by atoms with Gasteiger partial charge in [0.25, 0.3) is 0 Å². The molecule has 1 unspecified atom stereocenters. The molecule has 0 aliphatic carbocycles. The maximum Gasteiger partial charge on any atom is 0.342 e. The van der Waals surface area contributed by atoms with Crippen molar-refractivity contribution in [2.24, 2.45) is 0 Å². The first-order valence-electron chi connectivity index (χ1n) is 7.13. The van der Waals surface area contributed by atoms with Gasteiger partial charge in [-0.05, 0) is 24.6 Å². The van der Waals surface area contributed by atoms with Gasteiger partial charge < -0.3 is 15.2 Å². The average Bonchev–Trinajstić information content (AvgIpc) is 2.58. The summed E-state index contributed by atoms with van der Waals surface area (Å²) in [6, 6.07) is 11.3. The molecule has 2 aromatic rings. The van der Waals surface area contributed by atoms with E-state index in [-0.39, 0.29) is 22.9 Å². The molecule has 0 saturated heterocycles. The van der Waals surface area contributed by atoms with Crippen molar-refractivity contribution in [1.82, 2.24) is 0 Å². The van der Waals surface area contributed by atoms with Gasteiger partial charge in [0, 0.05) is 5.02 Å². The molecule has 0 aliphatic heterocycles. The lowest BCUT2D eigenvalue weighted by Crippen LogP contribution is -2.18. The lowest BCUT2D eigenvalue weighted by Gasteiger charge is -2.14. The number of alkyl halides is 1. The van der Waals surface area contributed by atoms with Crippen LogP contribution < -0.4 is 5.32 Å². The maximum absolute atomic E-state index is 12.3. The highest BCUT2D eigenvalue weighted by Crippen LogP contribution is 2.33. The number of benzene rings is 2. The molecule has 0 fully saturated rings. The van der Waals surface area contributed by atoms with Crippen molar-refractivity contribution in [1.29, 1.82) is 0 Å². The Morgan fingerprint density at radius 2 is 1.92 bits per heavy atom. The SMILES string of the molecule is CCOC(=O)c1cc(Cl)cc(NC(=O)C(Cl)c2ccccc2)c1O. The van der Waals surface area contributed by atoms with E-state index in [4.69, 9.17) is 27.9 Å². The molecule has 5 nitrogen and oxygen atoms in total. The molecule has 1 atom stereocenters. The minimum absolute atomic E-state index is 0.0165. The van der Waals surface area contributed by atoms with Crippen LogP contribution in [0.25, 0.3) is 0 Å². The predicted molar refractivity (Wildman–Crippen MR) is 92.7 cm³/mol. The molecule has 0 bridgehead atoms. The number of anilines is 1. The summed E-state index contributed by atoms with van der Waals surface area (Å²) in [5, 5.41) is 11.9. The second-order valence-electron chi connectivity index (χ2n) is 4.83. The fraction of sp³-hybridized carbons (Fsp3) is 0.176. The lowest BCUT2D eigenvalue weighted by atomic mass is 10.1. The average molecular weight is 368 g/mol. The summed E-state index contributed by atoms with van der Waals surface area (Å²) in [4.78, 5) is 24.1. The molecule has 0 aliphatic rings. The monoisotopic (exact) mass is 367 g/mol. The van der Waals surface area contributed by atoms with Crippen LogP contribution in [0.1, 0.15) is 28.2 Å². The van der Waals surface area contributed by atoms with E-state index in [1.807, 2.05) is 0 Å². The third-order valence-electron chi connectivity index (χ3n) is 3.15. The largest absolute Gasteiger partial charge is 0.505 e. The molecule has 24 heavy (non-hydrogen) atoms. The number of rotatable bonds is 5. The number of ether oxygens (including phenoxy) is 1. The van der Waals surface area contributed by atoms with Crippen molar-refractivity contribution >= 4 is 40.8 Å². The minimum Gasteiger partial charge on any atom is -0.505 e. The Labute approximate surface area is 149 Å². The molecule has 2 N–H and O–H groups in total. The Morgan fingerprint density at radius 3 is 2.54 bits per heavy atom. The van der Waals surface area contributed by atoms with Crippen molar-refractivity contribution in [2.45, 2.75) is 12.3 Å². The summed E-state index contributed by atoms with van der Waals surface area (Å²) < 4.78 is 4.84. The van der Waals surface area contributed by atoms with Crippen LogP contribution in [0.2, 0.25) is 5.02 Å². The summed E-state index contributed by atoms with van der Waals surface area (Å²) in [6.07, 6.45) is 0. The number of phenolic OH excluding ortho intramolecular Hbond substituents is 1. The number of carbonyl (C=O) groups excluding carboxylic acids is 2. The maximum atomic E-state index is 12.3. The zero-order valence-electron chi connectivity index (χ0n) is 12.8. The summed E-state index contributed by atoms with van der Waals surface area (Å²) in [5.74, 6) is -1.73. The molecule has 0 radical (unpaired) electrons. The number of esters is 1. The molecule has 2 rings (SSSR count). The van der Waals surface area contributed by atoms with Crippen LogP contribution in [0.4, 0.5) is 5.69 Å². The lowest BCUT2D eigenvalue weighted by molar-refractivity contribution is -0.116. The van der Waals surface area contributed by atoms with Gasteiger partial charge >= 0.3 is 5.97 Å². The van der Waals surface area contributed by atoms with Crippen LogP contribution in [-0.4, -0.2) is 23.6 Å². The number of nitrogens with one attached hydrogen (secondary N) is 1. The molecular formula is C17H15Cl2NO4. The Balaban J connectivity index is 2.26. The van der Waals surface area contributed by atoms with Crippen molar-refractivity contribution in [3.05, 3.63) is 58.6 Å². The van der Waals surface area contributed by atoms with Crippen LogP contribution in [0.5, 0.6) is 5.75 Å².